The van der Waals surface area contributed by atoms with Crippen molar-refractivity contribution in [2.24, 2.45) is 0 Å². The molecule has 0 aliphatic carbocycles. The lowest BCUT2D eigenvalue weighted by Gasteiger charge is -2.12. The third-order valence-electron chi connectivity index (χ3n) is 3.45. The molecule has 2 aromatic rings. The minimum absolute atomic E-state index is 0.0190. The molecule has 1 N–H and O–H groups in total. The summed E-state index contributed by atoms with van der Waals surface area (Å²) < 4.78 is 52.2. The maximum Gasteiger partial charge on any atom is 0.419 e. The van der Waals surface area contributed by atoms with Gasteiger partial charge in [0.15, 0.2) is 0 Å². The molecule has 0 unspecified atom stereocenters. The standard InChI is InChI=1S/C15H11F4N/c16-14-12(2-1-3-13(14)15(17,18)19)9-4-5-10-7-20-8-11(10)6-9/h1-6,20H,7-8H2. The Kier molecular flexibility index (Phi) is 3.01. The van der Waals surface area contributed by atoms with Gasteiger partial charge in [0, 0.05) is 18.7 Å². The Morgan fingerprint density at radius 3 is 2.45 bits per heavy atom. The first-order chi connectivity index (χ1) is 9.47. The Morgan fingerprint density at radius 2 is 1.70 bits per heavy atom. The molecule has 2 aromatic carbocycles. The van der Waals surface area contributed by atoms with Gasteiger partial charge in [-0.1, -0.05) is 24.3 Å². The Labute approximate surface area is 113 Å². The maximum atomic E-state index is 14.1. The molecule has 20 heavy (non-hydrogen) atoms. The highest BCUT2D eigenvalue weighted by Crippen LogP contribution is 2.36. The second-order valence-electron chi connectivity index (χ2n) is 4.75. The number of hydrogen-bond acceptors (Lipinski definition) is 1. The molecule has 1 heterocycles. The summed E-state index contributed by atoms with van der Waals surface area (Å²) in [5.74, 6) is -1.22. The summed E-state index contributed by atoms with van der Waals surface area (Å²) in [6.45, 7) is 1.39. The molecule has 3 rings (SSSR count). The van der Waals surface area contributed by atoms with E-state index in [4.69, 9.17) is 0 Å². The predicted molar refractivity (Wildman–Crippen MR) is 67.4 cm³/mol. The molecule has 1 aliphatic heterocycles. The van der Waals surface area contributed by atoms with Gasteiger partial charge in [-0.25, -0.2) is 4.39 Å². The van der Waals surface area contributed by atoms with Crippen molar-refractivity contribution in [2.45, 2.75) is 19.3 Å². The van der Waals surface area contributed by atoms with Crippen LogP contribution in [0.5, 0.6) is 0 Å². The minimum Gasteiger partial charge on any atom is -0.309 e. The summed E-state index contributed by atoms with van der Waals surface area (Å²) in [6.07, 6.45) is -4.68. The van der Waals surface area contributed by atoms with Gasteiger partial charge in [0.25, 0.3) is 0 Å². The molecule has 0 saturated heterocycles. The van der Waals surface area contributed by atoms with E-state index in [2.05, 4.69) is 5.32 Å². The van der Waals surface area contributed by atoms with E-state index in [1.807, 2.05) is 6.07 Å². The van der Waals surface area contributed by atoms with E-state index in [-0.39, 0.29) is 5.56 Å². The van der Waals surface area contributed by atoms with Crippen LogP contribution < -0.4 is 5.32 Å². The Hall–Kier alpha value is -1.88. The van der Waals surface area contributed by atoms with Gasteiger partial charge in [0.05, 0.1) is 5.56 Å². The van der Waals surface area contributed by atoms with E-state index in [0.717, 1.165) is 23.7 Å². The minimum atomic E-state index is -4.68. The second kappa shape index (κ2) is 4.59. The quantitative estimate of drug-likeness (QED) is 0.775. The van der Waals surface area contributed by atoms with Crippen molar-refractivity contribution in [3.63, 3.8) is 0 Å². The average Bonchev–Trinajstić information content (AvgIpc) is 2.84. The fourth-order valence-corrected chi connectivity index (χ4v) is 2.44. The van der Waals surface area contributed by atoms with Gasteiger partial charge in [-0.15, -0.1) is 0 Å². The molecule has 1 aliphatic rings. The van der Waals surface area contributed by atoms with Crippen molar-refractivity contribution in [3.8, 4) is 11.1 Å². The first kappa shape index (κ1) is 13.1. The fraction of sp³-hybridized carbons (Fsp3) is 0.200. The second-order valence-corrected chi connectivity index (χ2v) is 4.75. The maximum absolute atomic E-state index is 14.1. The lowest BCUT2D eigenvalue weighted by Crippen LogP contribution is -2.08. The number of fused-ring (bicyclic) bond motifs is 1. The molecule has 0 atom stereocenters. The van der Waals surface area contributed by atoms with E-state index in [9.17, 15) is 17.6 Å². The van der Waals surface area contributed by atoms with E-state index in [1.54, 1.807) is 12.1 Å². The van der Waals surface area contributed by atoms with Gasteiger partial charge in [-0.3, -0.25) is 0 Å². The third kappa shape index (κ3) is 2.18. The molecule has 0 aromatic heterocycles. The Morgan fingerprint density at radius 1 is 0.950 bits per heavy atom. The van der Waals surface area contributed by atoms with E-state index in [1.165, 1.54) is 12.1 Å². The number of alkyl halides is 3. The zero-order chi connectivity index (χ0) is 14.3. The fourth-order valence-electron chi connectivity index (χ4n) is 2.44. The van der Waals surface area contributed by atoms with Crippen LogP contribution in [-0.2, 0) is 19.3 Å². The van der Waals surface area contributed by atoms with Crippen LogP contribution in [0.2, 0.25) is 0 Å². The lowest BCUT2D eigenvalue weighted by atomic mass is 9.98. The summed E-state index contributed by atoms with van der Waals surface area (Å²) in [5, 5.41) is 3.14. The van der Waals surface area contributed by atoms with Crippen LogP contribution in [0.3, 0.4) is 0 Å². The highest BCUT2D eigenvalue weighted by molar-refractivity contribution is 5.67. The van der Waals surface area contributed by atoms with Crippen LogP contribution in [0.1, 0.15) is 16.7 Å². The molecular weight excluding hydrogens is 270 g/mol. The van der Waals surface area contributed by atoms with E-state index < -0.39 is 17.6 Å². The van der Waals surface area contributed by atoms with Crippen LogP contribution in [0.25, 0.3) is 11.1 Å². The van der Waals surface area contributed by atoms with Crippen LogP contribution >= 0.6 is 0 Å². The first-order valence-corrected chi connectivity index (χ1v) is 6.15. The molecule has 1 nitrogen and oxygen atoms in total. The number of halogens is 4. The molecule has 0 bridgehead atoms. The monoisotopic (exact) mass is 281 g/mol. The summed E-state index contributed by atoms with van der Waals surface area (Å²) >= 11 is 0. The largest absolute Gasteiger partial charge is 0.419 e. The van der Waals surface area contributed by atoms with Crippen molar-refractivity contribution < 1.29 is 17.6 Å². The van der Waals surface area contributed by atoms with Crippen LogP contribution in [0.4, 0.5) is 17.6 Å². The van der Waals surface area contributed by atoms with E-state index in [0.29, 0.717) is 12.1 Å². The van der Waals surface area contributed by atoms with Gasteiger partial charge < -0.3 is 5.32 Å². The van der Waals surface area contributed by atoms with Crippen molar-refractivity contribution in [3.05, 3.63) is 58.9 Å². The highest BCUT2D eigenvalue weighted by atomic mass is 19.4. The molecule has 0 spiro atoms. The zero-order valence-corrected chi connectivity index (χ0v) is 10.4. The Bertz CT molecular complexity index is 661. The zero-order valence-electron chi connectivity index (χ0n) is 10.4. The van der Waals surface area contributed by atoms with Crippen molar-refractivity contribution in [1.29, 1.82) is 0 Å². The number of nitrogens with one attached hydrogen (secondary N) is 1. The normalized spacial score (nSPS) is 14.4. The topological polar surface area (TPSA) is 12.0 Å². The van der Waals surface area contributed by atoms with E-state index >= 15 is 0 Å². The summed E-state index contributed by atoms with van der Waals surface area (Å²) in [5.41, 5.74) is 1.32. The molecule has 0 amide bonds. The van der Waals surface area contributed by atoms with Crippen LogP contribution in [0.15, 0.2) is 36.4 Å². The van der Waals surface area contributed by atoms with Crippen LogP contribution in [-0.4, -0.2) is 0 Å². The molecule has 104 valence electrons. The van der Waals surface area contributed by atoms with Crippen LogP contribution in [0, 0.1) is 5.82 Å². The van der Waals surface area contributed by atoms with Gasteiger partial charge in [0.1, 0.15) is 5.82 Å². The average molecular weight is 281 g/mol. The van der Waals surface area contributed by atoms with Gasteiger partial charge in [-0.2, -0.15) is 13.2 Å². The molecule has 5 heteroatoms. The summed E-state index contributed by atoms with van der Waals surface area (Å²) in [6, 6.07) is 8.58. The summed E-state index contributed by atoms with van der Waals surface area (Å²) in [7, 11) is 0. The number of hydrogen-bond donors (Lipinski definition) is 1. The van der Waals surface area contributed by atoms with Crippen molar-refractivity contribution in [2.75, 3.05) is 0 Å². The molecule has 0 radical (unpaired) electrons. The van der Waals surface area contributed by atoms with Crippen molar-refractivity contribution >= 4 is 0 Å². The van der Waals surface area contributed by atoms with Crippen molar-refractivity contribution in [1.82, 2.24) is 5.32 Å². The smallest absolute Gasteiger partial charge is 0.309 e. The van der Waals surface area contributed by atoms with Gasteiger partial charge in [-0.05, 0) is 28.8 Å². The van der Waals surface area contributed by atoms with Gasteiger partial charge in [0.2, 0.25) is 0 Å². The predicted octanol–water partition coefficient (Wildman–Crippen LogP) is 4.11. The number of rotatable bonds is 1. The first-order valence-electron chi connectivity index (χ1n) is 6.15. The molecule has 0 fully saturated rings. The molecule has 0 saturated carbocycles. The summed E-state index contributed by atoms with van der Waals surface area (Å²) in [4.78, 5) is 0. The number of benzene rings is 2. The lowest BCUT2D eigenvalue weighted by molar-refractivity contribution is -0.139. The Balaban J connectivity index is 2.11. The molecular formula is C15H11F4N. The van der Waals surface area contributed by atoms with Gasteiger partial charge >= 0.3 is 6.18 Å². The third-order valence-corrected chi connectivity index (χ3v) is 3.45. The highest BCUT2D eigenvalue weighted by Gasteiger charge is 2.35. The SMILES string of the molecule is Fc1c(-c2ccc3c(c2)CNC3)cccc1C(F)(F)F.